The highest BCUT2D eigenvalue weighted by molar-refractivity contribution is 7.92. The van der Waals surface area contributed by atoms with Gasteiger partial charge >= 0.3 is 0 Å². The zero-order chi connectivity index (χ0) is 19.9. The fourth-order valence-electron chi connectivity index (χ4n) is 2.93. The molecule has 4 rings (SSSR count). The number of rotatable bonds is 6. The van der Waals surface area contributed by atoms with E-state index in [9.17, 15) is 12.8 Å². The number of sulfonamides is 1. The molecule has 8 nitrogen and oxygen atoms in total. The Morgan fingerprint density at radius 3 is 2.89 bits per heavy atom. The van der Waals surface area contributed by atoms with Gasteiger partial charge in [0.15, 0.2) is 5.03 Å². The van der Waals surface area contributed by atoms with Gasteiger partial charge in [-0.15, -0.1) is 0 Å². The van der Waals surface area contributed by atoms with E-state index in [-0.39, 0.29) is 34.2 Å². The van der Waals surface area contributed by atoms with Crippen LogP contribution in [0.15, 0.2) is 35.6 Å². The lowest BCUT2D eigenvalue weighted by atomic mass is 10.1. The second-order valence-corrected chi connectivity index (χ2v) is 8.11. The number of benzene rings is 1. The third kappa shape index (κ3) is 3.25. The van der Waals surface area contributed by atoms with Gasteiger partial charge in [-0.05, 0) is 25.0 Å². The molecular formula is C18H16FN5O3S. The smallest absolute Gasteiger partial charge is 0.279 e. The molecular weight excluding hydrogens is 385 g/mol. The molecule has 0 spiro atoms. The summed E-state index contributed by atoms with van der Waals surface area (Å²) in [6, 6.07) is 5.93. The van der Waals surface area contributed by atoms with Crippen LogP contribution < -0.4 is 9.46 Å². The molecule has 28 heavy (non-hydrogen) atoms. The van der Waals surface area contributed by atoms with Crippen LogP contribution in [-0.2, 0) is 16.4 Å². The molecule has 10 heteroatoms. The van der Waals surface area contributed by atoms with Crippen molar-refractivity contribution < 1.29 is 17.5 Å². The quantitative estimate of drug-likeness (QED) is 0.680. The molecule has 144 valence electrons. The minimum atomic E-state index is -4.09. The molecule has 1 fully saturated rings. The number of nitrogens with zero attached hydrogens (tertiary/aromatic N) is 4. The molecule has 0 unspecified atom stereocenters. The van der Waals surface area contributed by atoms with Gasteiger partial charge in [0.25, 0.3) is 10.0 Å². The predicted octanol–water partition coefficient (Wildman–Crippen LogP) is 2.62. The van der Waals surface area contributed by atoms with E-state index in [0.717, 1.165) is 24.6 Å². The van der Waals surface area contributed by atoms with Crippen LogP contribution in [0.3, 0.4) is 0 Å². The number of aromatic nitrogens is 3. The number of nitrogens with one attached hydrogen (secondary N) is 1. The first-order valence-electron chi connectivity index (χ1n) is 8.53. The zero-order valence-corrected chi connectivity index (χ0v) is 15.7. The number of hydrogen-bond acceptors (Lipinski definition) is 6. The Balaban J connectivity index is 1.71. The average Bonchev–Trinajstić information content (AvgIpc) is 3.42. The molecule has 1 aromatic carbocycles. The molecule has 1 aliphatic carbocycles. The van der Waals surface area contributed by atoms with E-state index in [2.05, 4.69) is 14.7 Å². The third-order valence-electron chi connectivity index (χ3n) is 4.52. The number of halogens is 1. The fraction of sp³-hybridized carbons (Fsp3) is 0.278. The van der Waals surface area contributed by atoms with E-state index in [0.29, 0.717) is 5.92 Å². The van der Waals surface area contributed by atoms with Crippen LogP contribution in [0.4, 0.5) is 10.1 Å². The number of anilines is 1. The standard InChI is InChI=1S/C18H16FN5O3S/c1-27-16-8-12(4-6-20)13(19)9-15(16)23-28(25,26)17-10-21-18-22-14(11-2-3-11)5-7-24(17)18/h5,7-11,23H,2-4H2,1H3. The van der Waals surface area contributed by atoms with E-state index in [1.54, 1.807) is 12.3 Å². The van der Waals surface area contributed by atoms with E-state index >= 15 is 0 Å². The largest absolute Gasteiger partial charge is 0.495 e. The summed E-state index contributed by atoms with van der Waals surface area (Å²) < 4.78 is 48.8. The Bertz CT molecular complexity index is 1210. The first-order chi connectivity index (χ1) is 13.4. The maximum absolute atomic E-state index is 14.2. The number of imidazole rings is 1. The summed E-state index contributed by atoms with van der Waals surface area (Å²) in [6.45, 7) is 0. The lowest BCUT2D eigenvalue weighted by Crippen LogP contribution is -2.16. The normalized spacial score (nSPS) is 14.0. The molecule has 0 amide bonds. The summed E-state index contributed by atoms with van der Waals surface area (Å²) in [5, 5.41) is 8.64. The second-order valence-electron chi connectivity index (χ2n) is 6.48. The molecule has 0 aliphatic heterocycles. The van der Waals surface area contributed by atoms with Gasteiger partial charge in [-0.25, -0.2) is 14.4 Å². The van der Waals surface area contributed by atoms with Crippen molar-refractivity contribution in [2.45, 2.75) is 30.2 Å². The summed E-state index contributed by atoms with van der Waals surface area (Å²) in [4.78, 5) is 8.49. The summed E-state index contributed by atoms with van der Waals surface area (Å²) >= 11 is 0. The number of ether oxygens (including phenoxy) is 1. The number of methoxy groups -OCH3 is 1. The number of nitriles is 1. The van der Waals surface area contributed by atoms with Crippen molar-refractivity contribution in [3.63, 3.8) is 0 Å². The summed E-state index contributed by atoms with van der Waals surface area (Å²) in [5.74, 6) is 0.110. The van der Waals surface area contributed by atoms with Crippen LogP contribution >= 0.6 is 0 Å². The highest BCUT2D eigenvalue weighted by Gasteiger charge is 2.27. The fourth-order valence-corrected chi connectivity index (χ4v) is 4.08. The van der Waals surface area contributed by atoms with Crippen LogP contribution in [-0.4, -0.2) is 29.9 Å². The zero-order valence-electron chi connectivity index (χ0n) is 14.9. The number of fused-ring (bicyclic) bond motifs is 1. The van der Waals surface area contributed by atoms with Crippen molar-refractivity contribution in [2.24, 2.45) is 0 Å². The van der Waals surface area contributed by atoms with Gasteiger partial charge in [0.05, 0.1) is 31.5 Å². The Kier molecular flexibility index (Phi) is 4.39. The maximum atomic E-state index is 14.2. The molecule has 0 atom stereocenters. The van der Waals surface area contributed by atoms with Crippen LogP contribution in [0.2, 0.25) is 0 Å². The van der Waals surface area contributed by atoms with Crippen LogP contribution in [0.25, 0.3) is 5.78 Å². The van der Waals surface area contributed by atoms with Crippen molar-refractivity contribution >= 4 is 21.5 Å². The van der Waals surface area contributed by atoms with Crippen molar-refractivity contribution in [1.29, 1.82) is 5.26 Å². The van der Waals surface area contributed by atoms with E-state index in [1.807, 2.05) is 6.07 Å². The SMILES string of the molecule is COc1cc(CC#N)c(F)cc1NS(=O)(=O)c1cnc2nc(C3CC3)ccn12. The maximum Gasteiger partial charge on any atom is 0.279 e. The van der Waals surface area contributed by atoms with Crippen molar-refractivity contribution in [3.8, 4) is 11.8 Å². The van der Waals surface area contributed by atoms with Crippen molar-refractivity contribution in [1.82, 2.24) is 14.4 Å². The highest BCUT2D eigenvalue weighted by atomic mass is 32.2. The van der Waals surface area contributed by atoms with Crippen LogP contribution in [0.1, 0.15) is 30.0 Å². The predicted molar refractivity (Wildman–Crippen MR) is 98.0 cm³/mol. The van der Waals surface area contributed by atoms with Crippen molar-refractivity contribution in [3.05, 3.63) is 47.7 Å². The van der Waals surface area contributed by atoms with Gasteiger partial charge < -0.3 is 4.74 Å². The van der Waals surface area contributed by atoms with Gasteiger partial charge in [0, 0.05) is 29.4 Å². The van der Waals surface area contributed by atoms with E-state index in [1.165, 1.54) is 23.8 Å². The molecule has 0 bridgehead atoms. The third-order valence-corrected chi connectivity index (χ3v) is 5.86. The molecule has 2 heterocycles. The van der Waals surface area contributed by atoms with Gasteiger partial charge in [0.2, 0.25) is 5.78 Å². The average molecular weight is 401 g/mol. The summed E-state index contributed by atoms with van der Waals surface area (Å²) in [5.41, 5.74) is 0.944. The Morgan fingerprint density at radius 1 is 1.43 bits per heavy atom. The van der Waals surface area contributed by atoms with Crippen LogP contribution in [0.5, 0.6) is 5.75 Å². The number of hydrogen-bond donors (Lipinski definition) is 1. The Hall–Kier alpha value is -3.19. The monoisotopic (exact) mass is 401 g/mol. The lowest BCUT2D eigenvalue weighted by Gasteiger charge is -2.13. The minimum Gasteiger partial charge on any atom is -0.495 e. The van der Waals surface area contributed by atoms with Gasteiger partial charge in [-0.2, -0.15) is 13.7 Å². The molecule has 1 saturated carbocycles. The molecule has 3 aromatic rings. The topological polar surface area (TPSA) is 109 Å². The highest BCUT2D eigenvalue weighted by Crippen LogP contribution is 2.39. The molecule has 1 aliphatic rings. The molecule has 1 N–H and O–H groups in total. The first kappa shape index (κ1) is 18.2. The second kappa shape index (κ2) is 6.76. The first-order valence-corrected chi connectivity index (χ1v) is 10.0. The van der Waals surface area contributed by atoms with E-state index < -0.39 is 15.8 Å². The summed E-state index contributed by atoms with van der Waals surface area (Å²) in [7, 11) is -2.76. The van der Waals surface area contributed by atoms with Gasteiger partial charge in [0.1, 0.15) is 11.6 Å². The van der Waals surface area contributed by atoms with Crippen molar-refractivity contribution in [2.75, 3.05) is 11.8 Å². The van der Waals surface area contributed by atoms with E-state index in [4.69, 9.17) is 10.00 Å². The van der Waals surface area contributed by atoms with Gasteiger partial charge in [-0.1, -0.05) is 0 Å². The van der Waals surface area contributed by atoms with Crippen LogP contribution in [0, 0.1) is 17.1 Å². The van der Waals surface area contributed by atoms with Gasteiger partial charge in [-0.3, -0.25) is 9.12 Å². The lowest BCUT2D eigenvalue weighted by molar-refractivity contribution is 0.415. The minimum absolute atomic E-state index is 0.0702. The summed E-state index contributed by atoms with van der Waals surface area (Å²) in [6.07, 6.45) is 4.81. The molecule has 0 saturated heterocycles. The Morgan fingerprint density at radius 2 is 2.21 bits per heavy atom. The molecule has 0 radical (unpaired) electrons. The molecule has 2 aromatic heterocycles. The Labute approximate surface area is 160 Å².